The Bertz CT molecular complexity index is 916. The number of benzene rings is 2. The fraction of sp³-hybridized carbons (Fsp3) is 0.304. The number of likely N-dealkylation sites (tertiary alicyclic amines) is 1. The zero-order valence-corrected chi connectivity index (χ0v) is 17.2. The van der Waals surface area contributed by atoms with Gasteiger partial charge >= 0.3 is 5.97 Å². The number of rotatable bonds is 9. The second-order valence-corrected chi connectivity index (χ2v) is 8.33. The number of amides is 1. The summed E-state index contributed by atoms with van der Waals surface area (Å²) in [6.07, 6.45) is 4.42. The lowest BCUT2D eigenvalue weighted by Gasteiger charge is -2.22. The smallest absolute Gasteiger partial charge is 0.335 e. The summed E-state index contributed by atoms with van der Waals surface area (Å²) in [5.41, 5.74) is 1.08. The maximum absolute atomic E-state index is 13.0. The molecule has 30 heavy (non-hydrogen) atoms. The van der Waals surface area contributed by atoms with E-state index in [9.17, 15) is 19.1 Å². The van der Waals surface area contributed by atoms with Crippen molar-refractivity contribution < 1.29 is 24.2 Å². The number of carboxylic acids is 1. The summed E-state index contributed by atoms with van der Waals surface area (Å²) in [6, 6.07) is 12.7. The van der Waals surface area contributed by atoms with Gasteiger partial charge in [0.05, 0.1) is 17.7 Å². The Morgan fingerprint density at radius 1 is 1.27 bits per heavy atom. The molecule has 2 atom stereocenters. The third-order valence-electron chi connectivity index (χ3n) is 4.97. The van der Waals surface area contributed by atoms with Gasteiger partial charge in [-0.15, -0.1) is 11.8 Å². The van der Waals surface area contributed by atoms with E-state index in [0.717, 1.165) is 10.5 Å². The molecule has 1 fully saturated rings. The van der Waals surface area contributed by atoms with E-state index in [4.69, 9.17) is 5.11 Å². The monoisotopic (exact) mass is 429 g/mol. The average Bonchev–Trinajstić information content (AvgIpc) is 3.08. The molecule has 5 nitrogen and oxygen atoms in total. The van der Waals surface area contributed by atoms with Gasteiger partial charge in [-0.1, -0.05) is 30.4 Å². The van der Waals surface area contributed by atoms with E-state index in [1.165, 1.54) is 23.9 Å². The maximum atomic E-state index is 13.0. The van der Waals surface area contributed by atoms with Crippen molar-refractivity contribution in [3.05, 3.63) is 77.6 Å². The topological polar surface area (TPSA) is 77.8 Å². The minimum Gasteiger partial charge on any atom is -0.478 e. The molecule has 0 radical (unpaired) electrons. The number of hydrogen-bond donors (Lipinski definition) is 2. The van der Waals surface area contributed by atoms with Crippen LogP contribution in [0.4, 0.5) is 4.39 Å². The fourth-order valence-electron chi connectivity index (χ4n) is 3.41. The molecule has 0 unspecified atom stereocenters. The molecule has 2 N–H and O–H groups in total. The van der Waals surface area contributed by atoms with Crippen LogP contribution in [0.1, 0.15) is 28.8 Å². The van der Waals surface area contributed by atoms with Gasteiger partial charge < -0.3 is 15.1 Å². The van der Waals surface area contributed by atoms with Crippen LogP contribution >= 0.6 is 11.8 Å². The van der Waals surface area contributed by atoms with Gasteiger partial charge in [-0.2, -0.15) is 0 Å². The Kier molecular flexibility index (Phi) is 7.65. The molecule has 0 aliphatic carbocycles. The standard InChI is InChI=1S/C23H24FNO4S/c24-18-6-4-16(5-7-18)14-20(26)10-8-19-9-11-22(27)25(19)12-13-30-21-3-1-2-17(15-21)23(28)29/h1-8,10,15,19-20,26H,9,11-14H2,(H,28,29)/t19-,20+/m0/s1. The molecule has 1 heterocycles. The summed E-state index contributed by atoms with van der Waals surface area (Å²) in [5, 5.41) is 19.3. The van der Waals surface area contributed by atoms with Gasteiger partial charge in [-0.05, 0) is 42.3 Å². The van der Waals surface area contributed by atoms with Crippen LogP contribution in [-0.4, -0.2) is 51.4 Å². The third-order valence-corrected chi connectivity index (χ3v) is 5.94. The van der Waals surface area contributed by atoms with Crippen molar-refractivity contribution in [3.63, 3.8) is 0 Å². The van der Waals surface area contributed by atoms with E-state index < -0.39 is 12.1 Å². The first kappa shape index (κ1) is 22.1. The van der Waals surface area contributed by atoms with Gasteiger partial charge in [0, 0.05) is 30.0 Å². The lowest BCUT2D eigenvalue weighted by atomic mass is 10.1. The molecule has 2 aromatic rings. The van der Waals surface area contributed by atoms with Crippen molar-refractivity contribution in [1.82, 2.24) is 4.90 Å². The Balaban J connectivity index is 1.52. The first-order valence-electron chi connectivity index (χ1n) is 9.79. The first-order chi connectivity index (χ1) is 14.4. The molecule has 1 amide bonds. The fourth-order valence-corrected chi connectivity index (χ4v) is 4.32. The van der Waals surface area contributed by atoms with Crippen molar-refractivity contribution in [1.29, 1.82) is 0 Å². The Hall–Kier alpha value is -2.64. The minimum atomic E-state index is -0.962. The van der Waals surface area contributed by atoms with Gasteiger partial charge in [0.15, 0.2) is 0 Å². The summed E-state index contributed by atoms with van der Waals surface area (Å²) < 4.78 is 13.0. The molecule has 0 saturated carbocycles. The van der Waals surface area contributed by atoms with Crippen LogP contribution in [0.2, 0.25) is 0 Å². The molecule has 0 aromatic heterocycles. The van der Waals surface area contributed by atoms with Crippen LogP contribution in [0.25, 0.3) is 0 Å². The summed E-state index contributed by atoms with van der Waals surface area (Å²) in [4.78, 5) is 26.0. The maximum Gasteiger partial charge on any atom is 0.335 e. The van der Waals surface area contributed by atoms with Crippen molar-refractivity contribution in [2.24, 2.45) is 0 Å². The lowest BCUT2D eigenvalue weighted by molar-refractivity contribution is -0.128. The SMILES string of the molecule is O=C(O)c1cccc(SCCN2C(=O)CC[C@@H]2C=C[C@@H](O)Cc2ccc(F)cc2)c1. The first-order valence-corrected chi connectivity index (χ1v) is 10.8. The Morgan fingerprint density at radius 3 is 2.77 bits per heavy atom. The van der Waals surface area contributed by atoms with Crippen LogP contribution in [0, 0.1) is 5.82 Å². The summed E-state index contributed by atoms with van der Waals surface area (Å²) in [5.74, 6) is -0.539. The Morgan fingerprint density at radius 2 is 2.03 bits per heavy atom. The van der Waals surface area contributed by atoms with Crippen LogP contribution in [0.3, 0.4) is 0 Å². The van der Waals surface area contributed by atoms with Gasteiger partial charge in [0.2, 0.25) is 5.91 Å². The average molecular weight is 430 g/mol. The summed E-state index contributed by atoms with van der Waals surface area (Å²) in [6.45, 7) is 0.545. The van der Waals surface area contributed by atoms with Crippen LogP contribution in [0.15, 0.2) is 65.6 Å². The van der Waals surface area contributed by atoms with Crippen LogP contribution in [0.5, 0.6) is 0 Å². The van der Waals surface area contributed by atoms with Crippen molar-refractivity contribution in [2.75, 3.05) is 12.3 Å². The highest BCUT2D eigenvalue weighted by atomic mass is 32.2. The van der Waals surface area contributed by atoms with Gasteiger partial charge in [0.25, 0.3) is 0 Å². The number of thioether (sulfide) groups is 1. The zero-order chi connectivity index (χ0) is 21.5. The van der Waals surface area contributed by atoms with Crippen LogP contribution in [-0.2, 0) is 11.2 Å². The normalized spacial score (nSPS) is 17.6. The molecular formula is C23H24FNO4S. The predicted octanol–water partition coefficient (Wildman–Crippen LogP) is 3.77. The second kappa shape index (κ2) is 10.4. The molecule has 1 aliphatic heterocycles. The highest BCUT2D eigenvalue weighted by Crippen LogP contribution is 2.24. The van der Waals surface area contributed by atoms with Gasteiger partial charge in [-0.25, -0.2) is 9.18 Å². The van der Waals surface area contributed by atoms with Crippen LogP contribution < -0.4 is 0 Å². The van der Waals surface area contributed by atoms with Gasteiger partial charge in [0.1, 0.15) is 5.82 Å². The van der Waals surface area contributed by atoms with E-state index in [1.54, 1.807) is 41.3 Å². The largest absolute Gasteiger partial charge is 0.478 e. The second-order valence-electron chi connectivity index (χ2n) is 7.16. The summed E-state index contributed by atoms with van der Waals surface area (Å²) in [7, 11) is 0. The molecule has 0 spiro atoms. The number of nitrogens with zero attached hydrogens (tertiary/aromatic N) is 1. The Labute approximate surface area is 179 Å². The third kappa shape index (κ3) is 6.18. The number of aliphatic hydroxyl groups is 1. The molecule has 2 aromatic carbocycles. The number of halogens is 1. The minimum absolute atomic E-state index is 0.0636. The summed E-state index contributed by atoms with van der Waals surface area (Å²) >= 11 is 1.51. The highest BCUT2D eigenvalue weighted by molar-refractivity contribution is 7.99. The number of aliphatic hydroxyl groups excluding tert-OH is 1. The molecular weight excluding hydrogens is 405 g/mol. The van der Waals surface area contributed by atoms with Crippen molar-refractivity contribution >= 4 is 23.6 Å². The highest BCUT2D eigenvalue weighted by Gasteiger charge is 2.28. The molecule has 7 heteroatoms. The number of carboxylic acid groups (broad SMARTS) is 1. The quantitative estimate of drug-likeness (QED) is 0.469. The molecule has 1 saturated heterocycles. The molecule has 3 rings (SSSR count). The van der Waals surface area contributed by atoms with E-state index in [0.29, 0.717) is 31.6 Å². The van der Waals surface area contributed by atoms with E-state index in [2.05, 4.69) is 0 Å². The number of carbonyl (C=O) groups is 2. The van der Waals surface area contributed by atoms with Crippen molar-refractivity contribution in [3.8, 4) is 0 Å². The van der Waals surface area contributed by atoms with Gasteiger partial charge in [-0.3, -0.25) is 4.79 Å². The number of hydrogen-bond acceptors (Lipinski definition) is 4. The van der Waals surface area contributed by atoms with E-state index in [1.807, 2.05) is 12.1 Å². The lowest BCUT2D eigenvalue weighted by Crippen LogP contribution is -2.33. The predicted molar refractivity (Wildman–Crippen MR) is 114 cm³/mol. The van der Waals surface area contributed by atoms with E-state index >= 15 is 0 Å². The van der Waals surface area contributed by atoms with Crippen molar-refractivity contribution in [2.45, 2.75) is 36.3 Å². The number of aromatic carboxylic acids is 1. The molecule has 158 valence electrons. The molecule has 1 aliphatic rings. The molecule has 0 bridgehead atoms. The number of carbonyl (C=O) groups excluding carboxylic acids is 1. The zero-order valence-electron chi connectivity index (χ0n) is 16.4. The van der Waals surface area contributed by atoms with E-state index in [-0.39, 0.29) is 23.3 Å².